The van der Waals surface area contributed by atoms with Crippen LogP contribution in [0.25, 0.3) is 11.6 Å². The molecule has 0 fully saturated rings. The molecule has 7 heteroatoms. The maximum Gasteiger partial charge on any atom is 0.356 e. The van der Waals surface area contributed by atoms with Crippen LogP contribution in [-0.4, -0.2) is 31.7 Å². The molecule has 0 bridgehead atoms. The molecule has 7 nitrogen and oxygen atoms in total. The van der Waals surface area contributed by atoms with Crippen molar-refractivity contribution in [3.05, 3.63) is 29.8 Å². The third kappa shape index (κ3) is 1.78. The van der Waals surface area contributed by atoms with Crippen molar-refractivity contribution >= 4 is 11.9 Å². The van der Waals surface area contributed by atoms with Gasteiger partial charge >= 0.3 is 11.9 Å². The topological polar surface area (TPSA) is 106 Å². The SMILES string of the molecule is O=C(O)c1nc(-c2ccco2)n2c1CCCC2C(=O)O. The Bertz CT molecular complexity index is 671. The lowest BCUT2D eigenvalue weighted by Gasteiger charge is -2.23. The van der Waals surface area contributed by atoms with E-state index >= 15 is 0 Å². The fourth-order valence-corrected chi connectivity index (χ4v) is 2.62. The van der Waals surface area contributed by atoms with Gasteiger partial charge in [-0.25, -0.2) is 14.6 Å². The molecule has 0 amide bonds. The summed E-state index contributed by atoms with van der Waals surface area (Å²) >= 11 is 0. The van der Waals surface area contributed by atoms with Gasteiger partial charge in [0.05, 0.1) is 12.0 Å². The minimum Gasteiger partial charge on any atom is -0.480 e. The van der Waals surface area contributed by atoms with E-state index in [1.54, 1.807) is 12.1 Å². The number of nitrogens with zero attached hydrogens (tertiary/aromatic N) is 2. The third-order valence-corrected chi connectivity index (χ3v) is 3.44. The summed E-state index contributed by atoms with van der Waals surface area (Å²) in [5, 5.41) is 18.6. The van der Waals surface area contributed by atoms with Crippen LogP contribution in [0.2, 0.25) is 0 Å². The fourth-order valence-electron chi connectivity index (χ4n) is 2.62. The summed E-state index contributed by atoms with van der Waals surface area (Å²) < 4.78 is 6.72. The van der Waals surface area contributed by atoms with Crippen LogP contribution < -0.4 is 0 Å². The van der Waals surface area contributed by atoms with Crippen LogP contribution in [0.15, 0.2) is 22.8 Å². The van der Waals surface area contributed by atoms with Gasteiger partial charge in [-0.2, -0.15) is 0 Å². The van der Waals surface area contributed by atoms with Crippen LogP contribution in [0.4, 0.5) is 0 Å². The minimum atomic E-state index is -1.16. The summed E-state index contributed by atoms with van der Waals surface area (Å²) in [6.45, 7) is 0. The molecule has 0 saturated carbocycles. The van der Waals surface area contributed by atoms with E-state index in [1.165, 1.54) is 10.8 Å². The van der Waals surface area contributed by atoms with Gasteiger partial charge in [-0.1, -0.05) is 0 Å². The molecular formula is C13H12N2O5. The zero-order valence-corrected chi connectivity index (χ0v) is 10.4. The molecule has 0 spiro atoms. The first-order valence-electron chi connectivity index (χ1n) is 6.20. The van der Waals surface area contributed by atoms with E-state index in [1.807, 2.05) is 0 Å². The highest BCUT2D eigenvalue weighted by molar-refractivity contribution is 5.88. The molecule has 2 aromatic rings. The van der Waals surface area contributed by atoms with Crippen molar-refractivity contribution in [2.45, 2.75) is 25.3 Å². The number of hydrogen-bond donors (Lipinski definition) is 2. The van der Waals surface area contributed by atoms with Crippen LogP contribution in [0.1, 0.15) is 35.1 Å². The minimum absolute atomic E-state index is 0.0950. The van der Waals surface area contributed by atoms with Gasteiger partial charge in [0.15, 0.2) is 17.3 Å². The molecule has 0 aromatic carbocycles. The number of hydrogen-bond acceptors (Lipinski definition) is 4. The Morgan fingerprint density at radius 3 is 2.80 bits per heavy atom. The molecule has 1 unspecified atom stereocenters. The number of fused-ring (bicyclic) bond motifs is 1. The average molecular weight is 276 g/mol. The molecular weight excluding hydrogens is 264 g/mol. The van der Waals surface area contributed by atoms with Crippen LogP contribution in [-0.2, 0) is 11.2 Å². The molecule has 0 aliphatic carbocycles. The quantitative estimate of drug-likeness (QED) is 0.885. The van der Waals surface area contributed by atoms with Gasteiger partial charge in [0.25, 0.3) is 0 Å². The Labute approximate surface area is 113 Å². The largest absolute Gasteiger partial charge is 0.480 e. The molecule has 1 atom stereocenters. The summed E-state index contributed by atoms with van der Waals surface area (Å²) in [5.74, 6) is -1.52. The van der Waals surface area contributed by atoms with Gasteiger partial charge in [0.1, 0.15) is 6.04 Å². The summed E-state index contributed by atoms with van der Waals surface area (Å²) in [6, 6.07) is 2.48. The zero-order chi connectivity index (χ0) is 14.3. The monoisotopic (exact) mass is 276 g/mol. The summed E-state index contributed by atoms with van der Waals surface area (Å²) in [4.78, 5) is 26.7. The Hall–Kier alpha value is -2.57. The number of carboxylic acids is 2. The third-order valence-electron chi connectivity index (χ3n) is 3.44. The highest BCUT2D eigenvalue weighted by Crippen LogP contribution is 2.33. The Morgan fingerprint density at radius 1 is 1.40 bits per heavy atom. The average Bonchev–Trinajstić information content (AvgIpc) is 3.04. The van der Waals surface area contributed by atoms with Crippen LogP contribution in [0.3, 0.4) is 0 Å². The molecule has 20 heavy (non-hydrogen) atoms. The molecule has 0 radical (unpaired) electrons. The van der Waals surface area contributed by atoms with Crippen LogP contribution >= 0.6 is 0 Å². The zero-order valence-electron chi connectivity index (χ0n) is 10.4. The van der Waals surface area contributed by atoms with Crippen LogP contribution in [0.5, 0.6) is 0 Å². The molecule has 0 saturated heterocycles. The van der Waals surface area contributed by atoms with Gasteiger partial charge in [0, 0.05) is 0 Å². The molecule has 1 aliphatic rings. The molecule has 2 aromatic heterocycles. The fraction of sp³-hybridized carbons (Fsp3) is 0.308. The lowest BCUT2D eigenvalue weighted by molar-refractivity contribution is -0.141. The first-order chi connectivity index (χ1) is 9.59. The summed E-state index contributed by atoms with van der Waals surface area (Å²) in [6.07, 6.45) is 3.02. The van der Waals surface area contributed by atoms with E-state index in [-0.39, 0.29) is 11.5 Å². The molecule has 1 aliphatic heterocycles. The number of furan rings is 1. The predicted molar refractivity (Wildman–Crippen MR) is 66.5 cm³/mol. The van der Waals surface area contributed by atoms with Gasteiger partial charge in [-0.3, -0.25) is 0 Å². The predicted octanol–water partition coefficient (Wildman–Crippen LogP) is 1.80. The Kier molecular flexibility index (Phi) is 2.81. The van der Waals surface area contributed by atoms with Crippen molar-refractivity contribution in [2.24, 2.45) is 0 Å². The number of aromatic nitrogens is 2. The number of carbonyl (C=O) groups is 2. The number of rotatable bonds is 3. The van der Waals surface area contributed by atoms with E-state index < -0.39 is 18.0 Å². The second-order valence-electron chi connectivity index (χ2n) is 4.63. The second-order valence-corrected chi connectivity index (χ2v) is 4.63. The normalized spacial score (nSPS) is 17.7. The van der Waals surface area contributed by atoms with E-state index in [2.05, 4.69) is 4.98 Å². The van der Waals surface area contributed by atoms with Crippen molar-refractivity contribution in [3.63, 3.8) is 0 Å². The molecule has 104 valence electrons. The van der Waals surface area contributed by atoms with E-state index in [0.29, 0.717) is 30.7 Å². The summed E-state index contributed by atoms with van der Waals surface area (Å²) in [7, 11) is 0. The molecule has 2 N–H and O–H groups in total. The smallest absolute Gasteiger partial charge is 0.356 e. The first-order valence-corrected chi connectivity index (χ1v) is 6.20. The van der Waals surface area contributed by atoms with Crippen LogP contribution in [0, 0.1) is 0 Å². The lowest BCUT2D eigenvalue weighted by Crippen LogP contribution is -2.26. The second kappa shape index (κ2) is 4.52. The van der Waals surface area contributed by atoms with E-state index in [4.69, 9.17) is 4.42 Å². The molecule has 3 heterocycles. The van der Waals surface area contributed by atoms with Crippen molar-refractivity contribution in [3.8, 4) is 11.6 Å². The number of aliphatic carboxylic acids is 1. The van der Waals surface area contributed by atoms with Gasteiger partial charge in [-0.05, 0) is 31.4 Å². The van der Waals surface area contributed by atoms with Gasteiger partial charge < -0.3 is 19.2 Å². The summed E-state index contributed by atoms with van der Waals surface area (Å²) in [5.41, 5.74) is 0.352. The van der Waals surface area contributed by atoms with Gasteiger partial charge in [0.2, 0.25) is 0 Å². The number of imidazole rings is 1. The highest BCUT2D eigenvalue weighted by Gasteiger charge is 2.34. The number of aromatic carboxylic acids is 1. The maximum atomic E-state index is 11.4. The number of carboxylic acid groups (broad SMARTS) is 2. The van der Waals surface area contributed by atoms with E-state index in [0.717, 1.165) is 0 Å². The van der Waals surface area contributed by atoms with Crippen molar-refractivity contribution < 1.29 is 24.2 Å². The van der Waals surface area contributed by atoms with E-state index in [9.17, 15) is 19.8 Å². The Morgan fingerprint density at radius 2 is 2.20 bits per heavy atom. The highest BCUT2D eigenvalue weighted by atomic mass is 16.4. The van der Waals surface area contributed by atoms with Crippen molar-refractivity contribution in [2.75, 3.05) is 0 Å². The molecule has 3 rings (SSSR count). The first kappa shape index (κ1) is 12.5. The standard InChI is InChI=1S/C13H12N2O5/c16-12(17)8-4-1-3-7-10(13(18)19)14-11(15(7)8)9-5-2-6-20-9/h2,5-6,8H,1,3-4H2,(H,16,17)(H,18,19). The Balaban J connectivity index is 2.25. The van der Waals surface area contributed by atoms with Gasteiger partial charge in [-0.15, -0.1) is 0 Å². The van der Waals surface area contributed by atoms with Crippen molar-refractivity contribution in [1.82, 2.24) is 9.55 Å². The lowest BCUT2D eigenvalue weighted by atomic mass is 10.0. The maximum absolute atomic E-state index is 11.4. The van der Waals surface area contributed by atoms with Crippen molar-refractivity contribution in [1.29, 1.82) is 0 Å².